The highest BCUT2D eigenvalue weighted by atomic mass is 15.1. The number of benzene rings is 4. The van der Waals surface area contributed by atoms with Crippen LogP contribution in [0.2, 0.25) is 0 Å². The molecule has 29 heavy (non-hydrogen) atoms. The van der Waals surface area contributed by atoms with Gasteiger partial charge >= 0.3 is 0 Å². The lowest BCUT2D eigenvalue weighted by molar-refractivity contribution is 0.590. The molecule has 0 N–H and O–H groups in total. The minimum atomic E-state index is 0.174. The smallest absolute Gasteiger partial charge is 0.0367 e. The molecule has 0 atom stereocenters. The molecule has 0 aliphatic rings. The lowest BCUT2D eigenvalue weighted by atomic mass is 9.86. The molecule has 0 bridgehead atoms. The van der Waals surface area contributed by atoms with Crippen molar-refractivity contribution in [3.63, 3.8) is 0 Å². The van der Waals surface area contributed by atoms with Crippen LogP contribution in [0.25, 0.3) is 33.0 Å². The highest BCUT2D eigenvalue weighted by Gasteiger charge is 2.13. The van der Waals surface area contributed by atoms with Gasteiger partial charge in [-0.15, -0.1) is 0 Å². The molecule has 4 aromatic carbocycles. The van der Waals surface area contributed by atoms with Crippen LogP contribution < -0.4 is 4.90 Å². The fourth-order valence-corrected chi connectivity index (χ4v) is 3.83. The molecule has 1 nitrogen and oxygen atoms in total. The summed E-state index contributed by atoms with van der Waals surface area (Å²) in [5.41, 5.74) is 7.81. The van der Waals surface area contributed by atoms with Gasteiger partial charge in [0.05, 0.1) is 0 Å². The van der Waals surface area contributed by atoms with Crippen LogP contribution in [0.3, 0.4) is 0 Å². The highest BCUT2D eigenvalue weighted by molar-refractivity contribution is 5.98. The number of nitrogens with zero attached hydrogens (tertiary/aromatic N) is 1. The van der Waals surface area contributed by atoms with Crippen LogP contribution >= 0.6 is 0 Å². The Morgan fingerprint density at radius 3 is 1.97 bits per heavy atom. The van der Waals surface area contributed by atoms with Gasteiger partial charge in [-0.05, 0) is 62.2 Å². The highest BCUT2D eigenvalue weighted by Crippen LogP contribution is 2.33. The molecule has 0 saturated heterocycles. The summed E-state index contributed by atoms with van der Waals surface area (Å²) in [6.45, 7) is 6.77. The summed E-state index contributed by atoms with van der Waals surface area (Å²) in [4.78, 5) is 2.14. The Hall–Kier alpha value is -3.06. The molecule has 0 fully saturated rings. The third-order valence-corrected chi connectivity index (χ3v) is 5.64. The monoisotopic (exact) mass is 379 g/mol. The van der Waals surface area contributed by atoms with Gasteiger partial charge in [0.1, 0.15) is 0 Å². The molecule has 4 aromatic rings. The topological polar surface area (TPSA) is 3.24 Å². The number of hydrogen-bond donors (Lipinski definition) is 0. The van der Waals surface area contributed by atoms with Crippen molar-refractivity contribution in [3.05, 3.63) is 90.5 Å². The summed E-state index contributed by atoms with van der Waals surface area (Å²) in [5, 5.41) is 2.57. The van der Waals surface area contributed by atoms with Gasteiger partial charge in [0.25, 0.3) is 0 Å². The first-order valence-electron chi connectivity index (χ1n) is 10.2. The lowest BCUT2D eigenvalue weighted by Crippen LogP contribution is -2.10. The third-order valence-electron chi connectivity index (χ3n) is 5.64. The Morgan fingerprint density at radius 2 is 1.28 bits per heavy atom. The van der Waals surface area contributed by atoms with E-state index in [0.29, 0.717) is 0 Å². The van der Waals surface area contributed by atoms with Crippen molar-refractivity contribution in [2.24, 2.45) is 0 Å². The van der Waals surface area contributed by atoms with Crippen LogP contribution in [-0.2, 0) is 5.41 Å². The SMILES string of the molecule is CN(C)c1cccc(-c2ccc3c(-c4ccc(C(C)(C)C)cc4)cccc3c2)c1. The molecule has 0 aromatic heterocycles. The van der Waals surface area contributed by atoms with E-state index in [4.69, 9.17) is 0 Å². The Kier molecular flexibility index (Phi) is 4.92. The van der Waals surface area contributed by atoms with Gasteiger partial charge in [-0.3, -0.25) is 0 Å². The molecule has 0 saturated carbocycles. The van der Waals surface area contributed by atoms with E-state index in [-0.39, 0.29) is 5.41 Å². The van der Waals surface area contributed by atoms with Gasteiger partial charge in [0, 0.05) is 19.8 Å². The maximum absolute atomic E-state index is 2.30. The normalized spacial score (nSPS) is 11.6. The van der Waals surface area contributed by atoms with Crippen molar-refractivity contribution in [2.45, 2.75) is 26.2 Å². The molecule has 0 aliphatic carbocycles. The zero-order valence-electron chi connectivity index (χ0n) is 18.0. The summed E-state index contributed by atoms with van der Waals surface area (Å²) in [6, 6.07) is 31.1. The Morgan fingerprint density at radius 1 is 0.621 bits per heavy atom. The molecule has 0 heterocycles. The van der Waals surface area contributed by atoms with E-state index in [1.54, 1.807) is 0 Å². The van der Waals surface area contributed by atoms with Crippen LogP contribution in [0, 0.1) is 0 Å². The summed E-state index contributed by atoms with van der Waals surface area (Å²) in [6.07, 6.45) is 0. The molecule has 0 spiro atoms. The van der Waals surface area contributed by atoms with Crippen molar-refractivity contribution in [1.29, 1.82) is 0 Å². The van der Waals surface area contributed by atoms with E-state index in [2.05, 4.69) is 125 Å². The van der Waals surface area contributed by atoms with Gasteiger partial charge in [-0.25, -0.2) is 0 Å². The van der Waals surface area contributed by atoms with E-state index in [1.807, 2.05) is 0 Å². The van der Waals surface area contributed by atoms with Crippen molar-refractivity contribution >= 4 is 16.5 Å². The van der Waals surface area contributed by atoms with Gasteiger partial charge in [-0.1, -0.05) is 87.5 Å². The van der Waals surface area contributed by atoms with E-state index in [0.717, 1.165) is 0 Å². The predicted octanol–water partition coefficient (Wildman–Crippen LogP) is 7.54. The Balaban J connectivity index is 1.76. The maximum atomic E-state index is 2.30. The van der Waals surface area contributed by atoms with Crippen LogP contribution in [0.15, 0.2) is 84.9 Å². The summed E-state index contributed by atoms with van der Waals surface area (Å²) >= 11 is 0. The molecule has 0 radical (unpaired) electrons. The first kappa shape index (κ1) is 19.3. The summed E-state index contributed by atoms with van der Waals surface area (Å²) < 4.78 is 0. The van der Waals surface area contributed by atoms with E-state index >= 15 is 0 Å². The molecular weight excluding hydrogens is 350 g/mol. The molecule has 0 unspecified atom stereocenters. The lowest BCUT2D eigenvalue weighted by Gasteiger charge is -2.19. The molecule has 0 aliphatic heterocycles. The summed E-state index contributed by atoms with van der Waals surface area (Å²) in [5.74, 6) is 0. The fourth-order valence-electron chi connectivity index (χ4n) is 3.83. The number of rotatable bonds is 3. The predicted molar refractivity (Wildman–Crippen MR) is 128 cm³/mol. The third kappa shape index (κ3) is 3.91. The van der Waals surface area contributed by atoms with Gasteiger partial charge in [0.2, 0.25) is 0 Å². The van der Waals surface area contributed by atoms with Crippen molar-refractivity contribution < 1.29 is 0 Å². The van der Waals surface area contributed by atoms with Crippen LogP contribution in [0.4, 0.5) is 5.69 Å². The van der Waals surface area contributed by atoms with Crippen molar-refractivity contribution in [2.75, 3.05) is 19.0 Å². The van der Waals surface area contributed by atoms with Crippen LogP contribution in [0.5, 0.6) is 0 Å². The molecule has 4 rings (SSSR count). The molecule has 146 valence electrons. The van der Waals surface area contributed by atoms with Crippen LogP contribution in [-0.4, -0.2) is 14.1 Å². The number of fused-ring (bicyclic) bond motifs is 1. The minimum absolute atomic E-state index is 0.174. The standard InChI is InChI=1S/C28H29N/c1-28(2,3)24-15-12-20(13-16-24)26-11-7-9-23-18-22(14-17-27(23)26)21-8-6-10-25(19-21)29(4)5/h6-19H,1-5H3. The second kappa shape index (κ2) is 7.40. The molecule has 0 amide bonds. The second-order valence-electron chi connectivity index (χ2n) is 9.01. The molecule has 1 heteroatoms. The zero-order chi connectivity index (χ0) is 20.6. The van der Waals surface area contributed by atoms with E-state index in [1.165, 1.54) is 44.3 Å². The second-order valence-corrected chi connectivity index (χ2v) is 9.01. The zero-order valence-corrected chi connectivity index (χ0v) is 18.0. The van der Waals surface area contributed by atoms with E-state index in [9.17, 15) is 0 Å². The van der Waals surface area contributed by atoms with Crippen molar-refractivity contribution in [1.82, 2.24) is 0 Å². The quantitative estimate of drug-likeness (QED) is 0.355. The minimum Gasteiger partial charge on any atom is -0.378 e. The number of hydrogen-bond acceptors (Lipinski definition) is 1. The fraction of sp³-hybridized carbons (Fsp3) is 0.214. The average molecular weight is 380 g/mol. The Labute approximate surface area is 174 Å². The summed E-state index contributed by atoms with van der Waals surface area (Å²) in [7, 11) is 4.16. The van der Waals surface area contributed by atoms with Crippen LogP contribution in [0.1, 0.15) is 26.3 Å². The van der Waals surface area contributed by atoms with E-state index < -0.39 is 0 Å². The maximum Gasteiger partial charge on any atom is 0.0367 e. The first-order chi connectivity index (χ1) is 13.8. The van der Waals surface area contributed by atoms with Gasteiger partial charge in [-0.2, -0.15) is 0 Å². The van der Waals surface area contributed by atoms with Crippen molar-refractivity contribution in [3.8, 4) is 22.3 Å². The number of anilines is 1. The van der Waals surface area contributed by atoms with Gasteiger partial charge < -0.3 is 4.90 Å². The van der Waals surface area contributed by atoms with Gasteiger partial charge in [0.15, 0.2) is 0 Å². The first-order valence-corrected chi connectivity index (χ1v) is 10.2. The largest absolute Gasteiger partial charge is 0.378 e. The Bertz CT molecular complexity index is 1150. The average Bonchev–Trinajstić information content (AvgIpc) is 2.72. The molecular formula is C28H29N.